The first kappa shape index (κ1) is 19.0. The lowest BCUT2D eigenvalue weighted by Gasteiger charge is -2.10. The van der Waals surface area contributed by atoms with Crippen molar-refractivity contribution in [2.45, 2.75) is 24.2 Å². The minimum Gasteiger partial charge on any atom is -0.379 e. The maximum absolute atomic E-state index is 12.6. The molecule has 0 radical (unpaired) electrons. The molecule has 4 rings (SSSR count). The fourth-order valence-electron chi connectivity index (χ4n) is 3.13. The van der Waals surface area contributed by atoms with Crippen LogP contribution in [0.5, 0.6) is 5.75 Å². The van der Waals surface area contributed by atoms with E-state index in [-0.39, 0.29) is 20.7 Å². The minimum absolute atomic E-state index is 0.0372. The Bertz CT molecular complexity index is 1220. The van der Waals surface area contributed by atoms with E-state index in [4.69, 9.17) is 27.4 Å². The molecule has 1 heterocycles. The molecule has 0 spiro atoms. The number of rotatable bonds is 4. The molecule has 28 heavy (non-hydrogen) atoms. The summed E-state index contributed by atoms with van der Waals surface area (Å²) in [5.74, 6) is 0.284. The first-order valence-electron chi connectivity index (χ1n) is 8.45. The van der Waals surface area contributed by atoms with Gasteiger partial charge in [-0.05, 0) is 66.8 Å². The average molecular weight is 437 g/mol. The summed E-state index contributed by atoms with van der Waals surface area (Å²) in [7, 11) is -4.01. The number of aromatic nitrogens is 2. The molecule has 0 saturated carbocycles. The Morgan fingerprint density at radius 3 is 2.46 bits per heavy atom. The van der Waals surface area contributed by atoms with Crippen molar-refractivity contribution >= 4 is 33.3 Å². The predicted octanol–water partition coefficient (Wildman–Crippen LogP) is 3.80. The SMILES string of the molecule is O=c1c(Cl)c(Cl)cnn1-c1ccc(S(=O)(=O)Oc2ccc3c(c2)CCC3)cc1. The number of hydrogen-bond acceptors (Lipinski definition) is 5. The van der Waals surface area contributed by atoms with Crippen LogP contribution in [0.15, 0.2) is 58.4 Å². The van der Waals surface area contributed by atoms with Crippen LogP contribution in [0.2, 0.25) is 10.0 Å². The van der Waals surface area contributed by atoms with Gasteiger partial charge in [0.2, 0.25) is 0 Å². The molecular weight excluding hydrogens is 423 g/mol. The zero-order chi connectivity index (χ0) is 19.9. The summed E-state index contributed by atoms with van der Waals surface area (Å²) in [4.78, 5) is 12.1. The molecule has 1 aromatic heterocycles. The average Bonchev–Trinajstić information content (AvgIpc) is 3.14. The second kappa shape index (κ2) is 7.24. The van der Waals surface area contributed by atoms with Crippen LogP contribution in [-0.4, -0.2) is 18.2 Å². The molecule has 0 aliphatic heterocycles. The number of benzene rings is 2. The monoisotopic (exact) mass is 436 g/mol. The maximum atomic E-state index is 12.6. The highest BCUT2D eigenvalue weighted by Gasteiger charge is 2.19. The van der Waals surface area contributed by atoms with Crippen molar-refractivity contribution in [2.24, 2.45) is 0 Å². The number of hydrogen-bond donors (Lipinski definition) is 0. The molecule has 1 aliphatic rings. The lowest BCUT2D eigenvalue weighted by Crippen LogP contribution is -2.21. The van der Waals surface area contributed by atoms with Crippen molar-refractivity contribution in [1.29, 1.82) is 0 Å². The lowest BCUT2D eigenvalue weighted by atomic mass is 10.1. The first-order chi connectivity index (χ1) is 13.3. The lowest BCUT2D eigenvalue weighted by molar-refractivity contribution is 0.486. The second-order valence-electron chi connectivity index (χ2n) is 6.34. The van der Waals surface area contributed by atoms with Crippen molar-refractivity contribution in [1.82, 2.24) is 9.78 Å². The van der Waals surface area contributed by atoms with E-state index in [2.05, 4.69) is 5.10 Å². The number of aryl methyl sites for hydroxylation is 2. The Labute approximate surface area is 171 Å². The first-order valence-corrected chi connectivity index (χ1v) is 10.6. The Hall–Kier alpha value is -2.35. The van der Waals surface area contributed by atoms with Crippen molar-refractivity contribution in [3.63, 3.8) is 0 Å². The van der Waals surface area contributed by atoms with Gasteiger partial charge in [0.05, 0.1) is 16.9 Å². The van der Waals surface area contributed by atoms with Crippen LogP contribution in [-0.2, 0) is 23.0 Å². The zero-order valence-corrected chi connectivity index (χ0v) is 16.8. The van der Waals surface area contributed by atoms with Gasteiger partial charge in [0, 0.05) is 0 Å². The Kier molecular flexibility index (Phi) is 4.91. The van der Waals surface area contributed by atoms with Crippen LogP contribution in [0.1, 0.15) is 17.5 Å². The third-order valence-corrected chi connectivity index (χ3v) is 6.53. The number of fused-ring (bicyclic) bond motifs is 1. The molecule has 3 aromatic rings. The van der Waals surface area contributed by atoms with E-state index >= 15 is 0 Å². The molecule has 0 fully saturated rings. The highest BCUT2D eigenvalue weighted by molar-refractivity contribution is 7.87. The van der Waals surface area contributed by atoms with Crippen molar-refractivity contribution in [3.8, 4) is 11.4 Å². The third kappa shape index (κ3) is 3.53. The number of halogens is 2. The van der Waals surface area contributed by atoms with Crippen molar-refractivity contribution < 1.29 is 12.6 Å². The standard InChI is InChI=1S/C19H14Cl2N2O4S/c20-17-11-22-23(19(24)18(17)21)14-5-8-16(9-6-14)28(25,26)27-15-7-4-12-2-1-3-13(12)10-15/h4-11H,1-3H2. The van der Waals surface area contributed by atoms with Gasteiger partial charge < -0.3 is 4.18 Å². The minimum atomic E-state index is -4.01. The molecule has 0 bridgehead atoms. The molecule has 144 valence electrons. The highest BCUT2D eigenvalue weighted by Crippen LogP contribution is 2.28. The van der Waals surface area contributed by atoms with Gasteiger partial charge in [0.15, 0.2) is 0 Å². The van der Waals surface area contributed by atoms with Gasteiger partial charge in [-0.25, -0.2) is 0 Å². The fraction of sp³-hybridized carbons (Fsp3) is 0.158. The topological polar surface area (TPSA) is 78.3 Å². The normalized spacial score (nSPS) is 13.4. The van der Waals surface area contributed by atoms with E-state index in [0.717, 1.165) is 29.5 Å². The summed E-state index contributed by atoms with van der Waals surface area (Å²) in [5, 5.41) is 3.80. The van der Waals surface area contributed by atoms with Gasteiger partial charge in [0.1, 0.15) is 15.7 Å². The Balaban J connectivity index is 1.61. The third-order valence-electron chi connectivity index (χ3n) is 4.52. The Morgan fingerprint density at radius 2 is 1.71 bits per heavy atom. The molecule has 2 aromatic carbocycles. The van der Waals surface area contributed by atoms with Crippen LogP contribution in [0.4, 0.5) is 0 Å². The Morgan fingerprint density at radius 1 is 1.00 bits per heavy atom. The second-order valence-corrected chi connectivity index (χ2v) is 8.67. The van der Waals surface area contributed by atoms with Gasteiger partial charge in [0.25, 0.3) is 5.56 Å². The molecule has 9 heteroatoms. The highest BCUT2D eigenvalue weighted by atomic mass is 35.5. The van der Waals surface area contributed by atoms with E-state index in [1.165, 1.54) is 36.0 Å². The van der Waals surface area contributed by atoms with Gasteiger partial charge in [-0.1, -0.05) is 29.3 Å². The van der Waals surface area contributed by atoms with Crippen LogP contribution in [0, 0.1) is 0 Å². The van der Waals surface area contributed by atoms with Gasteiger partial charge >= 0.3 is 10.1 Å². The molecule has 1 aliphatic carbocycles. The molecular formula is C19H14Cl2N2O4S. The summed E-state index contributed by atoms with van der Waals surface area (Å²) in [6.07, 6.45) is 4.24. The van der Waals surface area contributed by atoms with Crippen LogP contribution in [0.25, 0.3) is 5.69 Å². The quantitative estimate of drug-likeness (QED) is 0.581. The van der Waals surface area contributed by atoms with E-state index in [1.54, 1.807) is 12.1 Å². The van der Waals surface area contributed by atoms with Crippen LogP contribution >= 0.6 is 23.2 Å². The summed E-state index contributed by atoms with van der Waals surface area (Å²) in [6.45, 7) is 0. The summed E-state index contributed by atoms with van der Waals surface area (Å²) in [6, 6.07) is 10.9. The van der Waals surface area contributed by atoms with E-state index < -0.39 is 15.7 Å². The maximum Gasteiger partial charge on any atom is 0.339 e. The summed E-state index contributed by atoms with van der Waals surface area (Å²) >= 11 is 11.6. The zero-order valence-electron chi connectivity index (χ0n) is 14.4. The predicted molar refractivity (Wildman–Crippen MR) is 106 cm³/mol. The molecule has 0 N–H and O–H groups in total. The summed E-state index contributed by atoms with van der Waals surface area (Å²) < 4.78 is 31.4. The number of nitrogens with zero attached hydrogens (tertiary/aromatic N) is 2. The molecule has 0 saturated heterocycles. The van der Waals surface area contributed by atoms with E-state index in [1.807, 2.05) is 6.07 Å². The van der Waals surface area contributed by atoms with Crippen LogP contribution in [0.3, 0.4) is 0 Å². The van der Waals surface area contributed by atoms with Crippen molar-refractivity contribution in [3.05, 3.63) is 80.2 Å². The van der Waals surface area contributed by atoms with Gasteiger partial charge in [-0.3, -0.25) is 4.79 Å². The fourth-order valence-corrected chi connectivity index (χ4v) is 4.30. The molecule has 6 nitrogen and oxygen atoms in total. The largest absolute Gasteiger partial charge is 0.379 e. The van der Waals surface area contributed by atoms with Crippen LogP contribution < -0.4 is 9.74 Å². The smallest absolute Gasteiger partial charge is 0.339 e. The molecule has 0 atom stereocenters. The van der Waals surface area contributed by atoms with Gasteiger partial charge in [-0.15, -0.1) is 0 Å². The molecule has 0 amide bonds. The molecule has 0 unspecified atom stereocenters. The summed E-state index contributed by atoms with van der Waals surface area (Å²) in [5.41, 5.74) is 2.10. The van der Waals surface area contributed by atoms with Gasteiger partial charge in [-0.2, -0.15) is 18.2 Å². The van der Waals surface area contributed by atoms with E-state index in [9.17, 15) is 13.2 Å². The van der Waals surface area contributed by atoms with Crippen molar-refractivity contribution in [2.75, 3.05) is 0 Å². The van der Waals surface area contributed by atoms with E-state index in [0.29, 0.717) is 5.69 Å².